The molecule has 0 N–H and O–H groups in total. The van der Waals surface area contributed by atoms with Gasteiger partial charge in [0.15, 0.2) is 5.82 Å². The van der Waals surface area contributed by atoms with Crippen molar-refractivity contribution >= 4 is 12.0 Å². The van der Waals surface area contributed by atoms with Crippen molar-refractivity contribution in [1.82, 2.24) is 20.2 Å². The molecule has 0 aliphatic heterocycles. The van der Waals surface area contributed by atoms with Gasteiger partial charge in [-0.1, -0.05) is 71.1 Å². The Morgan fingerprint density at radius 1 is 1.14 bits per heavy atom. The molecule has 29 heavy (non-hydrogen) atoms. The molecular formula is C24H44N4O. The number of tetrazole rings is 1. The molecular weight excluding hydrogens is 360 g/mol. The number of ketones is 1. The first-order valence-corrected chi connectivity index (χ1v) is 11.6. The van der Waals surface area contributed by atoms with Crippen molar-refractivity contribution in [3.8, 4) is 0 Å². The van der Waals surface area contributed by atoms with Crippen LogP contribution < -0.4 is 0 Å². The van der Waals surface area contributed by atoms with Gasteiger partial charge in [-0.3, -0.25) is 4.79 Å². The smallest absolute Gasteiger partial charge is 0.178 e. The minimum Gasteiger partial charge on any atom is -0.300 e. The highest BCUT2D eigenvalue weighted by atomic mass is 16.1. The predicted octanol–water partition coefficient (Wildman–Crippen LogP) is 6.98. The first kappa shape index (κ1) is 27.2. The fraction of sp³-hybridized carbons (Fsp3) is 0.750. The van der Waals surface area contributed by atoms with Gasteiger partial charge in [0.1, 0.15) is 5.78 Å². The lowest BCUT2D eigenvalue weighted by molar-refractivity contribution is -0.120. The van der Waals surface area contributed by atoms with E-state index in [9.17, 15) is 4.79 Å². The zero-order valence-electron chi connectivity index (χ0n) is 19.7. The van der Waals surface area contributed by atoms with E-state index in [1.54, 1.807) is 11.7 Å². The predicted molar refractivity (Wildman–Crippen MR) is 124 cm³/mol. The molecule has 0 spiro atoms. The third-order valence-electron chi connectivity index (χ3n) is 5.20. The lowest BCUT2D eigenvalue weighted by atomic mass is 9.98. The molecule has 1 saturated carbocycles. The molecule has 1 aromatic rings. The van der Waals surface area contributed by atoms with Gasteiger partial charge in [-0.2, -0.15) is 0 Å². The fourth-order valence-electron chi connectivity index (χ4n) is 3.15. The molecule has 0 bridgehead atoms. The molecule has 1 unspecified atom stereocenters. The lowest BCUT2D eigenvalue weighted by Crippen LogP contribution is -2.04. The van der Waals surface area contributed by atoms with E-state index in [0.717, 1.165) is 31.5 Å². The Kier molecular flexibility index (Phi) is 17.1. The SMILES string of the molecule is C/C=C\C.CC(=O)C1CCCC1.CC/C=C/n1nnc(C(CC)CCCCC)n1. The quantitative estimate of drug-likeness (QED) is 0.329. The van der Waals surface area contributed by atoms with Crippen molar-refractivity contribution < 1.29 is 4.79 Å². The van der Waals surface area contributed by atoms with Crippen LogP contribution in [0.25, 0.3) is 6.20 Å². The second kappa shape index (κ2) is 18.3. The standard InChI is InChI=1S/C13H24N4.C7H12O.C4H8/c1-4-7-9-10-12(6-3)13-14-16-17(15-13)11-8-5-2;1-6(8)7-4-2-3-5-7;1-3-4-2/h8,11-12H,4-7,9-10H2,1-3H3;7H,2-5H2,1H3;3-4H,1-2H3/b11-8+;;4-3-. The van der Waals surface area contributed by atoms with Crippen LogP contribution in [0.1, 0.15) is 117 Å². The fourth-order valence-corrected chi connectivity index (χ4v) is 3.15. The molecule has 1 aliphatic rings. The van der Waals surface area contributed by atoms with Crippen LogP contribution >= 0.6 is 0 Å². The summed E-state index contributed by atoms with van der Waals surface area (Å²) in [5, 5.41) is 12.6. The second-order valence-corrected chi connectivity index (χ2v) is 7.62. The van der Waals surface area contributed by atoms with Crippen LogP contribution in [0.15, 0.2) is 18.2 Å². The molecule has 166 valence electrons. The second-order valence-electron chi connectivity index (χ2n) is 7.62. The largest absolute Gasteiger partial charge is 0.300 e. The molecule has 0 saturated heterocycles. The van der Waals surface area contributed by atoms with Crippen LogP contribution in [0.3, 0.4) is 0 Å². The minimum atomic E-state index is 0.391. The third kappa shape index (κ3) is 13.1. The van der Waals surface area contributed by atoms with Gasteiger partial charge in [-0.15, -0.1) is 15.0 Å². The highest BCUT2D eigenvalue weighted by Crippen LogP contribution is 2.25. The molecule has 0 amide bonds. The van der Waals surface area contributed by atoms with Gasteiger partial charge >= 0.3 is 0 Å². The summed E-state index contributed by atoms with van der Waals surface area (Å²) in [6, 6.07) is 0. The summed E-state index contributed by atoms with van der Waals surface area (Å²) < 4.78 is 0. The summed E-state index contributed by atoms with van der Waals surface area (Å²) in [6.07, 6.45) is 19.8. The molecule has 5 nitrogen and oxygen atoms in total. The molecule has 5 heteroatoms. The van der Waals surface area contributed by atoms with Crippen LogP contribution in [-0.4, -0.2) is 26.0 Å². The zero-order valence-corrected chi connectivity index (χ0v) is 19.7. The number of hydrogen-bond donors (Lipinski definition) is 0. The van der Waals surface area contributed by atoms with Gasteiger partial charge in [0.2, 0.25) is 0 Å². The Morgan fingerprint density at radius 3 is 2.24 bits per heavy atom. The van der Waals surface area contributed by atoms with Gasteiger partial charge in [-0.25, -0.2) is 0 Å². The number of carbonyl (C=O) groups excluding carboxylic acids is 1. The number of aromatic nitrogens is 4. The van der Waals surface area contributed by atoms with Gasteiger partial charge in [-0.05, 0) is 58.1 Å². The van der Waals surface area contributed by atoms with E-state index in [4.69, 9.17) is 0 Å². The molecule has 1 fully saturated rings. The molecule has 1 heterocycles. The number of nitrogens with zero attached hydrogens (tertiary/aromatic N) is 4. The first-order chi connectivity index (χ1) is 14.0. The van der Waals surface area contributed by atoms with Crippen molar-refractivity contribution in [2.24, 2.45) is 5.92 Å². The van der Waals surface area contributed by atoms with E-state index >= 15 is 0 Å². The average Bonchev–Trinajstić information content (AvgIpc) is 3.43. The van der Waals surface area contributed by atoms with Gasteiger partial charge in [0, 0.05) is 18.0 Å². The normalized spacial score (nSPS) is 15.1. The highest BCUT2D eigenvalue weighted by molar-refractivity contribution is 5.78. The van der Waals surface area contributed by atoms with Crippen molar-refractivity contribution in [3.05, 3.63) is 24.1 Å². The lowest BCUT2D eigenvalue weighted by Gasteiger charge is -2.09. The van der Waals surface area contributed by atoms with E-state index < -0.39 is 0 Å². The monoisotopic (exact) mass is 404 g/mol. The molecule has 0 aromatic carbocycles. The third-order valence-corrected chi connectivity index (χ3v) is 5.20. The van der Waals surface area contributed by atoms with E-state index in [1.165, 1.54) is 38.5 Å². The molecule has 1 aromatic heterocycles. The number of Topliss-reactive ketones (excluding diaryl/α,β-unsaturated/α-hetero) is 1. The summed E-state index contributed by atoms with van der Waals surface area (Å²) in [4.78, 5) is 12.2. The Labute approximate surface area is 179 Å². The van der Waals surface area contributed by atoms with Crippen molar-refractivity contribution in [2.75, 3.05) is 0 Å². The summed E-state index contributed by atoms with van der Waals surface area (Å²) in [6.45, 7) is 12.2. The Hall–Kier alpha value is -1.78. The summed E-state index contributed by atoms with van der Waals surface area (Å²) in [5.41, 5.74) is 0. The van der Waals surface area contributed by atoms with E-state index in [-0.39, 0.29) is 0 Å². The van der Waals surface area contributed by atoms with Crippen LogP contribution in [0.4, 0.5) is 0 Å². The Bertz CT molecular complexity index is 567. The van der Waals surface area contributed by atoms with Gasteiger partial charge in [0.25, 0.3) is 0 Å². The van der Waals surface area contributed by atoms with Crippen LogP contribution in [0.5, 0.6) is 0 Å². The van der Waals surface area contributed by atoms with E-state index in [1.807, 2.05) is 38.3 Å². The highest BCUT2D eigenvalue weighted by Gasteiger charge is 2.18. The van der Waals surface area contributed by atoms with Crippen molar-refractivity contribution in [2.45, 2.75) is 112 Å². The molecule has 1 atom stereocenters. The Morgan fingerprint density at radius 2 is 1.79 bits per heavy atom. The van der Waals surface area contributed by atoms with E-state index in [0.29, 0.717) is 17.6 Å². The maximum Gasteiger partial charge on any atom is 0.178 e. The zero-order chi connectivity index (χ0) is 21.9. The molecule has 1 aliphatic carbocycles. The first-order valence-electron chi connectivity index (χ1n) is 11.6. The van der Waals surface area contributed by atoms with Crippen LogP contribution in [-0.2, 0) is 4.79 Å². The maximum atomic E-state index is 10.6. The molecule has 2 rings (SSSR count). The van der Waals surface area contributed by atoms with Gasteiger partial charge in [0.05, 0.1) is 0 Å². The van der Waals surface area contributed by atoms with Crippen molar-refractivity contribution in [3.63, 3.8) is 0 Å². The average molecular weight is 405 g/mol. The number of hydrogen-bond acceptors (Lipinski definition) is 4. The number of rotatable bonds is 9. The number of allylic oxidation sites excluding steroid dienone is 3. The van der Waals surface area contributed by atoms with Gasteiger partial charge < -0.3 is 0 Å². The minimum absolute atomic E-state index is 0.391. The van der Waals surface area contributed by atoms with Crippen LogP contribution in [0.2, 0.25) is 0 Å². The Balaban J connectivity index is 0.000000537. The molecule has 0 radical (unpaired) electrons. The summed E-state index contributed by atoms with van der Waals surface area (Å²) in [7, 11) is 0. The van der Waals surface area contributed by atoms with Crippen LogP contribution in [0, 0.1) is 5.92 Å². The number of unbranched alkanes of at least 4 members (excludes halogenated alkanes) is 2. The summed E-state index contributed by atoms with van der Waals surface area (Å²) >= 11 is 0. The number of carbonyl (C=O) groups is 1. The maximum absolute atomic E-state index is 10.6. The van der Waals surface area contributed by atoms with E-state index in [2.05, 4.69) is 36.2 Å². The summed E-state index contributed by atoms with van der Waals surface area (Å²) in [5.74, 6) is 2.17. The van der Waals surface area contributed by atoms with Crippen molar-refractivity contribution in [1.29, 1.82) is 0 Å². The topological polar surface area (TPSA) is 60.7 Å².